The van der Waals surface area contributed by atoms with E-state index in [1.54, 1.807) is 0 Å². The topological polar surface area (TPSA) is 60.4 Å². The molecule has 0 N–H and O–H groups in total. The van der Waals surface area contributed by atoms with E-state index < -0.39 is 16.8 Å². The van der Waals surface area contributed by atoms with Crippen LogP contribution in [0.15, 0.2) is 0 Å². The van der Waals surface area contributed by atoms with E-state index in [1.807, 2.05) is 13.8 Å². The lowest BCUT2D eigenvalue weighted by Crippen LogP contribution is -2.40. The average molecular weight is 240 g/mol. The lowest BCUT2D eigenvalue weighted by molar-refractivity contribution is -0.158. The van der Waals surface area contributed by atoms with Crippen molar-refractivity contribution in [3.63, 3.8) is 0 Å². The Morgan fingerprint density at radius 1 is 1.29 bits per heavy atom. The fourth-order valence-electron chi connectivity index (χ4n) is 2.52. The molecule has 1 saturated carbocycles. The Kier molecular flexibility index (Phi) is 3.74. The molecule has 0 radical (unpaired) electrons. The van der Waals surface area contributed by atoms with Crippen LogP contribution < -0.4 is 0 Å². The minimum atomic E-state index is -1.09. The van der Waals surface area contributed by atoms with Crippen LogP contribution in [0, 0.1) is 10.8 Å². The summed E-state index contributed by atoms with van der Waals surface area (Å²) in [6.45, 7) is 5.15. The second-order valence-corrected chi connectivity index (χ2v) is 5.49. The molecule has 0 heterocycles. The number of carbonyl (C=O) groups excluding carboxylic acids is 3. The fourth-order valence-corrected chi connectivity index (χ4v) is 2.52. The molecule has 0 saturated heterocycles. The van der Waals surface area contributed by atoms with Crippen LogP contribution in [0.2, 0.25) is 0 Å². The quantitative estimate of drug-likeness (QED) is 0.556. The smallest absolute Gasteiger partial charge is 0.319 e. The molecule has 1 aliphatic rings. The van der Waals surface area contributed by atoms with Gasteiger partial charge in [0, 0.05) is 11.8 Å². The Bertz CT molecular complexity index is 356. The van der Waals surface area contributed by atoms with Gasteiger partial charge in [0.2, 0.25) is 0 Å². The first-order valence-corrected chi connectivity index (χ1v) is 5.89. The molecule has 0 bridgehead atoms. The van der Waals surface area contributed by atoms with Crippen LogP contribution >= 0.6 is 0 Å². The molecule has 0 amide bonds. The third-order valence-electron chi connectivity index (χ3n) is 3.71. The van der Waals surface area contributed by atoms with Crippen LogP contribution in [0.25, 0.3) is 0 Å². The van der Waals surface area contributed by atoms with Gasteiger partial charge in [-0.3, -0.25) is 9.59 Å². The summed E-state index contributed by atoms with van der Waals surface area (Å²) < 4.78 is 4.76. The van der Waals surface area contributed by atoms with Gasteiger partial charge < -0.3 is 9.53 Å². The SMILES string of the molecule is COC(=O)C1(CCC(C)=O)CCC(C)(C)C1=O. The molecule has 4 heteroatoms. The van der Waals surface area contributed by atoms with Gasteiger partial charge in [0.25, 0.3) is 0 Å². The summed E-state index contributed by atoms with van der Waals surface area (Å²) >= 11 is 0. The molecule has 1 unspecified atom stereocenters. The predicted molar refractivity (Wildman–Crippen MR) is 62.4 cm³/mol. The monoisotopic (exact) mass is 240 g/mol. The minimum Gasteiger partial charge on any atom is -0.468 e. The van der Waals surface area contributed by atoms with E-state index in [-0.39, 0.29) is 24.4 Å². The highest BCUT2D eigenvalue weighted by Crippen LogP contribution is 2.49. The largest absolute Gasteiger partial charge is 0.468 e. The van der Waals surface area contributed by atoms with Crippen molar-refractivity contribution in [1.29, 1.82) is 0 Å². The first-order valence-electron chi connectivity index (χ1n) is 5.89. The summed E-state index contributed by atoms with van der Waals surface area (Å²) in [5.41, 5.74) is -1.59. The van der Waals surface area contributed by atoms with Crippen LogP contribution in [-0.2, 0) is 19.1 Å². The van der Waals surface area contributed by atoms with Gasteiger partial charge in [-0.15, -0.1) is 0 Å². The van der Waals surface area contributed by atoms with Gasteiger partial charge in [0.15, 0.2) is 5.78 Å². The van der Waals surface area contributed by atoms with Gasteiger partial charge in [0.05, 0.1) is 7.11 Å². The molecular formula is C13H20O4. The summed E-state index contributed by atoms with van der Waals surface area (Å²) in [7, 11) is 1.29. The maximum Gasteiger partial charge on any atom is 0.319 e. The number of ether oxygens (including phenoxy) is 1. The van der Waals surface area contributed by atoms with Crippen molar-refractivity contribution in [3.8, 4) is 0 Å². The summed E-state index contributed by atoms with van der Waals surface area (Å²) in [5.74, 6) is -0.585. The predicted octanol–water partition coefficient (Wildman–Crippen LogP) is 1.90. The minimum absolute atomic E-state index is 0.00853. The van der Waals surface area contributed by atoms with E-state index in [1.165, 1.54) is 14.0 Å². The van der Waals surface area contributed by atoms with Crippen molar-refractivity contribution >= 4 is 17.5 Å². The van der Waals surface area contributed by atoms with Gasteiger partial charge in [0.1, 0.15) is 11.2 Å². The molecule has 0 aromatic carbocycles. The zero-order chi connectivity index (χ0) is 13.3. The van der Waals surface area contributed by atoms with E-state index in [0.29, 0.717) is 12.8 Å². The third kappa shape index (κ3) is 2.40. The second-order valence-electron chi connectivity index (χ2n) is 5.49. The number of rotatable bonds is 4. The van der Waals surface area contributed by atoms with E-state index in [4.69, 9.17) is 4.74 Å². The van der Waals surface area contributed by atoms with Crippen LogP contribution in [0.5, 0.6) is 0 Å². The van der Waals surface area contributed by atoms with Crippen LogP contribution in [0.1, 0.15) is 46.5 Å². The van der Waals surface area contributed by atoms with Crippen molar-refractivity contribution in [2.24, 2.45) is 10.8 Å². The summed E-state index contributed by atoms with van der Waals surface area (Å²) in [6.07, 6.45) is 1.67. The van der Waals surface area contributed by atoms with Crippen molar-refractivity contribution in [1.82, 2.24) is 0 Å². The number of Topliss-reactive ketones (excluding diaryl/α,β-unsaturated/α-hetero) is 2. The zero-order valence-electron chi connectivity index (χ0n) is 11.0. The fraction of sp³-hybridized carbons (Fsp3) is 0.769. The van der Waals surface area contributed by atoms with Crippen molar-refractivity contribution in [2.75, 3.05) is 7.11 Å². The molecule has 0 aromatic heterocycles. The van der Waals surface area contributed by atoms with Gasteiger partial charge in [-0.1, -0.05) is 13.8 Å². The molecule has 1 atom stereocenters. The number of esters is 1. The number of methoxy groups -OCH3 is 1. The first-order chi connectivity index (χ1) is 7.76. The molecular weight excluding hydrogens is 220 g/mol. The number of hydrogen-bond acceptors (Lipinski definition) is 4. The van der Waals surface area contributed by atoms with Gasteiger partial charge >= 0.3 is 5.97 Å². The van der Waals surface area contributed by atoms with Crippen LogP contribution in [0.4, 0.5) is 0 Å². The van der Waals surface area contributed by atoms with Gasteiger partial charge in [-0.25, -0.2) is 0 Å². The van der Waals surface area contributed by atoms with E-state index in [0.717, 1.165) is 0 Å². The maximum absolute atomic E-state index is 12.3. The van der Waals surface area contributed by atoms with E-state index >= 15 is 0 Å². The Balaban J connectivity index is 3.01. The Morgan fingerprint density at radius 3 is 2.24 bits per heavy atom. The van der Waals surface area contributed by atoms with E-state index in [9.17, 15) is 14.4 Å². The molecule has 0 aromatic rings. The molecule has 4 nitrogen and oxygen atoms in total. The van der Waals surface area contributed by atoms with Crippen molar-refractivity contribution < 1.29 is 19.1 Å². The first kappa shape index (κ1) is 13.9. The number of hydrogen-bond donors (Lipinski definition) is 0. The lowest BCUT2D eigenvalue weighted by Gasteiger charge is -2.26. The highest BCUT2D eigenvalue weighted by atomic mass is 16.5. The molecule has 1 fully saturated rings. The molecule has 1 aliphatic carbocycles. The van der Waals surface area contributed by atoms with Gasteiger partial charge in [-0.2, -0.15) is 0 Å². The Hall–Kier alpha value is -1.19. The summed E-state index contributed by atoms with van der Waals surface area (Å²) in [5, 5.41) is 0. The summed E-state index contributed by atoms with van der Waals surface area (Å²) in [4.78, 5) is 35.3. The highest BCUT2D eigenvalue weighted by molar-refractivity contribution is 6.08. The van der Waals surface area contributed by atoms with Crippen molar-refractivity contribution in [3.05, 3.63) is 0 Å². The normalized spacial score (nSPS) is 26.9. The lowest BCUT2D eigenvalue weighted by atomic mass is 9.76. The Labute approximate surface area is 102 Å². The van der Waals surface area contributed by atoms with Crippen molar-refractivity contribution in [2.45, 2.75) is 46.5 Å². The average Bonchev–Trinajstić information content (AvgIpc) is 2.49. The second kappa shape index (κ2) is 4.59. The summed E-state index contributed by atoms with van der Waals surface area (Å²) in [6, 6.07) is 0. The molecule has 1 rings (SSSR count). The van der Waals surface area contributed by atoms with Crippen LogP contribution in [0.3, 0.4) is 0 Å². The third-order valence-corrected chi connectivity index (χ3v) is 3.71. The Morgan fingerprint density at radius 2 is 1.88 bits per heavy atom. The molecule has 0 aliphatic heterocycles. The van der Waals surface area contributed by atoms with E-state index in [2.05, 4.69) is 0 Å². The number of ketones is 2. The molecule has 0 spiro atoms. The zero-order valence-corrected chi connectivity index (χ0v) is 11.0. The van der Waals surface area contributed by atoms with Gasteiger partial charge in [-0.05, 0) is 26.2 Å². The maximum atomic E-state index is 12.3. The standard InChI is InChI=1S/C13H20O4/c1-9(14)5-6-13(11(16)17-4)8-7-12(2,3)10(13)15/h5-8H2,1-4H3. The number of carbonyl (C=O) groups is 3. The highest BCUT2D eigenvalue weighted by Gasteiger charge is 2.56. The molecule has 17 heavy (non-hydrogen) atoms. The molecule has 96 valence electrons. The van der Waals surface area contributed by atoms with Crippen LogP contribution in [-0.4, -0.2) is 24.6 Å².